The zero-order valence-corrected chi connectivity index (χ0v) is 12.1. The van der Waals surface area contributed by atoms with Crippen molar-refractivity contribution < 1.29 is 13.0 Å². The van der Waals surface area contributed by atoms with E-state index in [1.54, 1.807) is 0 Å². The Morgan fingerprint density at radius 1 is 0.882 bits per heavy atom. The molecular formula is C12H29NO3S. The summed E-state index contributed by atoms with van der Waals surface area (Å²) in [5, 5.41) is 0. The largest absolute Gasteiger partial charge is 0.344 e. The van der Waals surface area contributed by atoms with E-state index in [1.807, 2.05) is 0 Å². The van der Waals surface area contributed by atoms with Gasteiger partial charge in [-0.25, -0.2) is 0 Å². The molecule has 0 radical (unpaired) electrons. The Morgan fingerprint density at radius 2 is 1.29 bits per heavy atom. The Hall–Kier alpha value is -0.130. The maximum Gasteiger partial charge on any atom is 0.264 e. The van der Waals surface area contributed by atoms with Crippen molar-refractivity contribution in [2.45, 2.75) is 65.2 Å². The summed E-state index contributed by atoms with van der Waals surface area (Å²) in [6.45, 7) is 4.49. The van der Waals surface area contributed by atoms with Crippen LogP contribution in [0.25, 0.3) is 0 Å². The summed E-state index contributed by atoms with van der Waals surface area (Å²) in [4.78, 5) is 0. The number of rotatable bonds is 10. The second-order valence-corrected chi connectivity index (χ2v) is 6.52. The summed E-state index contributed by atoms with van der Waals surface area (Å²) in [6, 6.07) is 0. The van der Waals surface area contributed by atoms with Crippen molar-refractivity contribution in [3.63, 3.8) is 0 Å². The third-order valence-electron chi connectivity index (χ3n) is 2.68. The van der Waals surface area contributed by atoms with Gasteiger partial charge >= 0.3 is 0 Å². The van der Waals surface area contributed by atoms with E-state index in [2.05, 4.69) is 13.8 Å². The molecule has 0 aromatic rings. The molecule has 0 saturated heterocycles. The fourth-order valence-electron chi connectivity index (χ4n) is 1.72. The van der Waals surface area contributed by atoms with Crippen molar-refractivity contribution in [3.05, 3.63) is 0 Å². The van der Waals surface area contributed by atoms with Crippen LogP contribution in [-0.4, -0.2) is 18.7 Å². The molecule has 4 N–H and O–H groups in total. The molecule has 0 aromatic heterocycles. The van der Waals surface area contributed by atoms with E-state index in [9.17, 15) is 8.42 Å². The lowest BCUT2D eigenvalue weighted by Crippen LogP contribution is -2.03. The second kappa shape index (κ2) is 11.0. The Morgan fingerprint density at radius 3 is 1.71 bits per heavy atom. The molecule has 106 valence electrons. The van der Waals surface area contributed by atoms with E-state index < -0.39 is 10.1 Å². The molecule has 0 atom stereocenters. The maximum absolute atomic E-state index is 10.4. The quantitative estimate of drug-likeness (QED) is 0.465. The summed E-state index contributed by atoms with van der Waals surface area (Å²) < 4.78 is 29.4. The summed E-state index contributed by atoms with van der Waals surface area (Å²) in [7, 11) is -3.74. The van der Waals surface area contributed by atoms with Gasteiger partial charge in [0.05, 0.1) is 5.75 Å². The van der Waals surface area contributed by atoms with Gasteiger partial charge < -0.3 is 6.15 Å². The van der Waals surface area contributed by atoms with Crippen molar-refractivity contribution in [3.8, 4) is 0 Å². The van der Waals surface area contributed by atoms with Gasteiger partial charge in [-0.05, 0) is 12.3 Å². The van der Waals surface area contributed by atoms with Gasteiger partial charge in [0, 0.05) is 0 Å². The van der Waals surface area contributed by atoms with Crippen LogP contribution < -0.4 is 6.15 Å². The lowest BCUT2D eigenvalue weighted by Gasteiger charge is -2.04. The molecule has 0 aliphatic carbocycles. The van der Waals surface area contributed by atoms with Gasteiger partial charge in [-0.1, -0.05) is 58.8 Å². The predicted octanol–water partition coefficient (Wildman–Crippen LogP) is 3.81. The summed E-state index contributed by atoms with van der Waals surface area (Å²) in [6.07, 6.45) is 8.91. The molecule has 0 aliphatic rings. The van der Waals surface area contributed by atoms with Crippen LogP contribution in [0.1, 0.15) is 65.2 Å². The van der Waals surface area contributed by atoms with Gasteiger partial charge in [-0.15, -0.1) is 0 Å². The van der Waals surface area contributed by atoms with Crippen LogP contribution in [0.3, 0.4) is 0 Å². The van der Waals surface area contributed by atoms with Gasteiger partial charge in [0.15, 0.2) is 0 Å². The van der Waals surface area contributed by atoms with E-state index in [4.69, 9.17) is 4.55 Å². The Balaban J connectivity index is 0. The fraction of sp³-hybridized carbons (Fsp3) is 1.00. The van der Waals surface area contributed by atoms with Crippen molar-refractivity contribution in [2.75, 3.05) is 5.75 Å². The lowest BCUT2D eigenvalue weighted by atomic mass is 10.0. The first-order valence-corrected chi connectivity index (χ1v) is 7.98. The van der Waals surface area contributed by atoms with E-state index in [0.717, 1.165) is 18.8 Å². The minimum atomic E-state index is -3.74. The van der Waals surface area contributed by atoms with Gasteiger partial charge in [0.1, 0.15) is 0 Å². The minimum Gasteiger partial charge on any atom is -0.344 e. The van der Waals surface area contributed by atoms with Gasteiger partial charge in [0.2, 0.25) is 0 Å². The number of hydrogen-bond acceptors (Lipinski definition) is 3. The minimum absolute atomic E-state index is 0. The highest BCUT2D eigenvalue weighted by Crippen LogP contribution is 2.12. The molecule has 0 heterocycles. The van der Waals surface area contributed by atoms with Gasteiger partial charge in [-0.3, -0.25) is 4.55 Å². The fourth-order valence-corrected chi connectivity index (χ4v) is 2.29. The third kappa shape index (κ3) is 18.4. The van der Waals surface area contributed by atoms with Crippen molar-refractivity contribution in [1.29, 1.82) is 0 Å². The normalized spacial score (nSPS) is 11.5. The lowest BCUT2D eigenvalue weighted by molar-refractivity contribution is 0.477. The molecule has 0 spiro atoms. The van der Waals surface area contributed by atoms with Crippen LogP contribution in [0, 0.1) is 5.92 Å². The molecular weight excluding hydrogens is 238 g/mol. The molecule has 0 rings (SSSR count). The van der Waals surface area contributed by atoms with Gasteiger partial charge in [0.25, 0.3) is 10.1 Å². The van der Waals surface area contributed by atoms with Crippen molar-refractivity contribution in [2.24, 2.45) is 5.92 Å². The van der Waals surface area contributed by atoms with Crippen LogP contribution in [0.5, 0.6) is 0 Å². The molecule has 0 aliphatic heterocycles. The number of hydrogen-bond donors (Lipinski definition) is 2. The molecule has 0 amide bonds. The topological polar surface area (TPSA) is 89.4 Å². The van der Waals surface area contributed by atoms with Crippen LogP contribution in [0.4, 0.5) is 0 Å². The number of unbranched alkanes of at least 4 members (excludes halogenated alkanes) is 6. The van der Waals surface area contributed by atoms with Crippen LogP contribution in [-0.2, 0) is 10.1 Å². The standard InChI is InChI=1S/C12H26O3S.H3N/c1-12(2)10-8-6-4-3-5-7-9-11-16(13,14)15;/h12H,3-11H2,1-2H3,(H,13,14,15);1H3. The van der Waals surface area contributed by atoms with E-state index >= 15 is 0 Å². The SMILES string of the molecule is CC(C)CCCCCCCCCS(=O)(=O)O.N. The highest BCUT2D eigenvalue weighted by atomic mass is 32.2. The zero-order valence-electron chi connectivity index (χ0n) is 11.3. The van der Waals surface area contributed by atoms with Crippen molar-refractivity contribution >= 4 is 10.1 Å². The zero-order chi connectivity index (χ0) is 12.4. The molecule has 0 unspecified atom stereocenters. The molecule has 0 bridgehead atoms. The molecule has 0 fully saturated rings. The average molecular weight is 267 g/mol. The predicted molar refractivity (Wildman–Crippen MR) is 73.2 cm³/mol. The Kier molecular flexibility index (Phi) is 12.4. The Labute approximate surface area is 107 Å². The van der Waals surface area contributed by atoms with Crippen LogP contribution in [0.15, 0.2) is 0 Å². The first-order valence-electron chi connectivity index (χ1n) is 6.37. The average Bonchev–Trinajstić information content (AvgIpc) is 2.13. The van der Waals surface area contributed by atoms with E-state index in [1.165, 1.54) is 32.1 Å². The second-order valence-electron chi connectivity index (χ2n) is 4.94. The van der Waals surface area contributed by atoms with E-state index in [-0.39, 0.29) is 11.9 Å². The first kappa shape index (κ1) is 19.2. The summed E-state index contributed by atoms with van der Waals surface area (Å²) in [5.74, 6) is 0.718. The molecule has 0 aromatic carbocycles. The summed E-state index contributed by atoms with van der Waals surface area (Å²) in [5.41, 5.74) is 0. The highest BCUT2D eigenvalue weighted by Gasteiger charge is 2.02. The molecule has 4 nitrogen and oxygen atoms in total. The smallest absolute Gasteiger partial charge is 0.264 e. The van der Waals surface area contributed by atoms with Crippen molar-refractivity contribution in [1.82, 2.24) is 6.15 Å². The highest BCUT2D eigenvalue weighted by molar-refractivity contribution is 7.85. The van der Waals surface area contributed by atoms with E-state index in [0.29, 0.717) is 6.42 Å². The van der Waals surface area contributed by atoms with Crippen LogP contribution in [0.2, 0.25) is 0 Å². The maximum atomic E-state index is 10.4. The molecule has 0 saturated carbocycles. The Bertz CT molecular complexity index is 250. The van der Waals surface area contributed by atoms with Gasteiger partial charge in [-0.2, -0.15) is 8.42 Å². The molecule has 5 heteroatoms. The molecule has 17 heavy (non-hydrogen) atoms. The first-order chi connectivity index (χ1) is 7.42. The van der Waals surface area contributed by atoms with Crippen LogP contribution >= 0.6 is 0 Å². The third-order valence-corrected chi connectivity index (χ3v) is 3.49. The monoisotopic (exact) mass is 267 g/mol. The summed E-state index contributed by atoms with van der Waals surface area (Å²) >= 11 is 0.